The second kappa shape index (κ2) is 9.85. The van der Waals surface area contributed by atoms with Crippen molar-refractivity contribution in [2.75, 3.05) is 0 Å². The van der Waals surface area contributed by atoms with Gasteiger partial charge in [0.2, 0.25) is 0 Å². The highest BCUT2D eigenvalue weighted by Gasteiger charge is 2.41. The number of rotatable bonds is 12. The first-order valence-corrected chi connectivity index (χ1v) is 9.58. The largest absolute Gasteiger partial charge is 0.0654 e. The second-order valence-electron chi connectivity index (χ2n) is 7.96. The van der Waals surface area contributed by atoms with Crippen LogP contribution in [-0.2, 0) is 0 Å². The van der Waals surface area contributed by atoms with Crippen LogP contribution in [0.1, 0.15) is 98.8 Å². The molecule has 0 heteroatoms. The fourth-order valence-corrected chi connectivity index (χ4v) is 4.10. The average molecular weight is 281 g/mol. The van der Waals surface area contributed by atoms with Crippen LogP contribution in [-0.4, -0.2) is 0 Å². The van der Waals surface area contributed by atoms with Gasteiger partial charge in [-0.15, -0.1) is 0 Å². The van der Waals surface area contributed by atoms with Crippen molar-refractivity contribution in [1.29, 1.82) is 0 Å². The Labute approximate surface area is 129 Å². The summed E-state index contributed by atoms with van der Waals surface area (Å²) in [6.45, 7) is 12.1. The van der Waals surface area contributed by atoms with Crippen molar-refractivity contribution in [3.63, 3.8) is 0 Å². The molecule has 120 valence electrons. The van der Waals surface area contributed by atoms with Crippen LogP contribution < -0.4 is 0 Å². The number of hydrogen-bond acceptors (Lipinski definition) is 0. The Hall–Kier alpha value is 0. The Bertz CT molecular complexity index is 232. The van der Waals surface area contributed by atoms with Crippen LogP contribution in [0, 0.1) is 29.6 Å². The maximum atomic E-state index is 2.53. The third-order valence-corrected chi connectivity index (χ3v) is 5.54. The highest BCUT2D eigenvalue weighted by molar-refractivity contribution is 4.90. The first-order chi connectivity index (χ1) is 9.58. The van der Waals surface area contributed by atoms with E-state index in [1.54, 1.807) is 6.42 Å². The van der Waals surface area contributed by atoms with E-state index < -0.39 is 0 Å². The molecule has 0 aromatic heterocycles. The molecule has 20 heavy (non-hydrogen) atoms. The van der Waals surface area contributed by atoms with E-state index >= 15 is 0 Å². The minimum absolute atomic E-state index is 0.954. The molecular weight excluding hydrogens is 240 g/mol. The molecular formula is C20H40. The zero-order chi connectivity index (χ0) is 15.0. The third kappa shape index (κ3) is 7.14. The molecule has 0 N–H and O–H groups in total. The molecule has 0 aromatic rings. The van der Waals surface area contributed by atoms with E-state index in [2.05, 4.69) is 34.6 Å². The Kier molecular flexibility index (Phi) is 8.89. The highest BCUT2D eigenvalue weighted by Crippen LogP contribution is 2.50. The zero-order valence-corrected chi connectivity index (χ0v) is 15.0. The molecule has 0 bridgehead atoms. The topological polar surface area (TPSA) is 0 Å². The maximum absolute atomic E-state index is 2.53. The van der Waals surface area contributed by atoms with E-state index in [1.165, 1.54) is 57.8 Å². The number of hydrogen-bond donors (Lipinski definition) is 0. The zero-order valence-electron chi connectivity index (χ0n) is 15.0. The molecule has 1 aliphatic rings. The lowest BCUT2D eigenvalue weighted by Gasteiger charge is -2.18. The van der Waals surface area contributed by atoms with Crippen LogP contribution in [0.3, 0.4) is 0 Å². The van der Waals surface area contributed by atoms with Crippen LogP contribution in [0.2, 0.25) is 0 Å². The molecule has 1 saturated carbocycles. The van der Waals surface area contributed by atoms with E-state index in [1.807, 2.05) is 0 Å². The van der Waals surface area contributed by atoms with Gasteiger partial charge in [-0.2, -0.15) is 0 Å². The molecule has 0 heterocycles. The summed E-state index contributed by atoms with van der Waals surface area (Å²) in [4.78, 5) is 0. The lowest BCUT2D eigenvalue weighted by atomic mass is 9.88. The van der Waals surface area contributed by atoms with Gasteiger partial charge in [0.25, 0.3) is 0 Å². The average Bonchev–Trinajstić information content (AvgIpc) is 3.16. The van der Waals surface area contributed by atoms with E-state index in [4.69, 9.17) is 0 Å². The first-order valence-electron chi connectivity index (χ1n) is 9.58. The van der Waals surface area contributed by atoms with Crippen LogP contribution >= 0.6 is 0 Å². The first kappa shape index (κ1) is 18.1. The molecule has 5 atom stereocenters. The molecule has 0 nitrogen and oxygen atoms in total. The predicted octanol–water partition coefficient (Wildman–Crippen LogP) is 7.08. The SMILES string of the molecule is CCCCCC(C)CC(C)C1CC1CC(C)CCCC. The molecule has 1 rings (SSSR count). The van der Waals surface area contributed by atoms with Crippen molar-refractivity contribution in [2.45, 2.75) is 98.8 Å². The lowest BCUT2D eigenvalue weighted by Crippen LogP contribution is -2.07. The smallest absolute Gasteiger partial charge is 0.0357 e. The Morgan fingerprint density at radius 2 is 1.50 bits per heavy atom. The van der Waals surface area contributed by atoms with Gasteiger partial charge in [0.1, 0.15) is 0 Å². The second-order valence-corrected chi connectivity index (χ2v) is 7.96. The van der Waals surface area contributed by atoms with Gasteiger partial charge in [0, 0.05) is 0 Å². The molecule has 1 fully saturated rings. The van der Waals surface area contributed by atoms with Crippen LogP contribution in [0.4, 0.5) is 0 Å². The fourth-order valence-electron chi connectivity index (χ4n) is 4.10. The summed E-state index contributed by atoms with van der Waals surface area (Å²) in [6.07, 6.45) is 14.5. The van der Waals surface area contributed by atoms with Crippen LogP contribution in [0.25, 0.3) is 0 Å². The van der Waals surface area contributed by atoms with Gasteiger partial charge in [-0.1, -0.05) is 79.6 Å². The van der Waals surface area contributed by atoms with Gasteiger partial charge < -0.3 is 0 Å². The summed E-state index contributed by atoms with van der Waals surface area (Å²) >= 11 is 0. The quantitative estimate of drug-likeness (QED) is 0.335. The summed E-state index contributed by atoms with van der Waals surface area (Å²) in [5.41, 5.74) is 0. The van der Waals surface area contributed by atoms with Gasteiger partial charge in [-0.05, 0) is 48.9 Å². The minimum Gasteiger partial charge on any atom is -0.0654 e. The summed E-state index contributed by atoms with van der Waals surface area (Å²) in [5.74, 6) is 5.07. The van der Waals surface area contributed by atoms with Crippen molar-refractivity contribution < 1.29 is 0 Å². The molecule has 0 radical (unpaired) electrons. The monoisotopic (exact) mass is 280 g/mol. The van der Waals surface area contributed by atoms with E-state index in [9.17, 15) is 0 Å². The Balaban J connectivity index is 2.11. The van der Waals surface area contributed by atoms with E-state index in [0.29, 0.717) is 0 Å². The summed E-state index contributed by atoms with van der Waals surface area (Å²) in [6, 6.07) is 0. The molecule has 0 saturated heterocycles. The minimum atomic E-state index is 0.954. The highest BCUT2D eigenvalue weighted by atomic mass is 14.5. The molecule has 0 spiro atoms. The van der Waals surface area contributed by atoms with Crippen molar-refractivity contribution >= 4 is 0 Å². The molecule has 0 aliphatic heterocycles. The van der Waals surface area contributed by atoms with E-state index in [-0.39, 0.29) is 0 Å². The summed E-state index contributed by atoms with van der Waals surface area (Å²) in [5, 5.41) is 0. The van der Waals surface area contributed by atoms with Gasteiger partial charge in [-0.3, -0.25) is 0 Å². The summed E-state index contributed by atoms with van der Waals surface area (Å²) in [7, 11) is 0. The standard InChI is InChI=1S/C20H40/c1-6-8-10-12-16(3)13-18(5)20-15-19(20)14-17(4)11-9-7-2/h16-20H,6-15H2,1-5H3. The number of unbranched alkanes of at least 4 members (excludes halogenated alkanes) is 3. The van der Waals surface area contributed by atoms with Crippen LogP contribution in [0.15, 0.2) is 0 Å². The van der Waals surface area contributed by atoms with Crippen molar-refractivity contribution in [2.24, 2.45) is 29.6 Å². The molecule has 5 unspecified atom stereocenters. The molecule has 0 amide bonds. The van der Waals surface area contributed by atoms with Crippen molar-refractivity contribution in [3.8, 4) is 0 Å². The third-order valence-electron chi connectivity index (χ3n) is 5.54. The lowest BCUT2D eigenvalue weighted by molar-refractivity contribution is 0.330. The fraction of sp³-hybridized carbons (Fsp3) is 1.00. The van der Waals surface area contributed by atoms with Crippen molar-refractivity contribution in [3.05, 3.63) is 0 Å². The van der Waals surface area contributed by atoms with Gasteiger partial charge in [0.15, 0.2) is 0 Å². The maximum Gasteiger partial charge on any atom is -0.0357 e. The van der Waals surface area contributed by atoms with Gasteiger partial charge in [-0.25, -0.2) is 0 Å². The van der Waals surface area contributed by atoms with Gasteiger partial charge >= 0.3 is 0 Å². The van der Waals surface area contributed by atoms with Crippen LogP contribution in [0.5, 0.6) is 0 Å². The predicted molar refractivity (Wildman–Crippen MR) is 92.0 cm³/mol. The Morgan fingerprint density at radius 1 is 0.850 bits per heavy atom. The Morgan fingerprint density at radius 3 is 2.15 bits per heavy atom. The van der Waals surface area contributed by atoms with E-state index in [0.717, 1.165) is 29.6 Å². The normalized spacial score (nSPS) is 26.2. The van der Waals surface area contributed by atoms with Gasteiger partial charge in [0.05, 0.1) is 0 Å². The molecule has 0 aromatic carbocycles. The van der Waals surface area contributed by atoms with Crippen molar-refractivity contribution in [1.82, 2.24) is 0 Å². The molecule has 1 aliphatic carbocycles. The summed E-state index contributed by atoms with van der Waals surface area (Å²) < 4.78 is 0.